The Hall–Kier alpha value is -2.27. The van der Waals surface area contributed by atoms with Crippen LogP contribution in [0.25, 0.3) is 0 Å². The molecule has 1 atom stereocenters. The number of rotatable bonds is 3. The zero-order valence-electron chi connectivity index (χ0n) is 12.5. The molecule has 0 bridgehead atoms. The van der Waals surface area contributed by atoms with E-state index in [1.54, 1.807) is 41.3 Å². The lowest BCUT2D eigenvalue weighted by Gasteiger charge is -2.31. The maximum absolute atomic E-state index is 12.4. The van der Waals surface area contributed by atoms with Crippen molar-refractivity contribution in [2.24, 2.45) is 5.92 Å². The number of carbonyl (C=O) groups is 2. The second kappa shape index (κ2) is 6.87. The number of hydrogen-bond acceptors (Lipinski definition) is 3. The number of nitrogens with zero attached hydrogens (tertiary/aromatic N) is 1. The van der Waals surface area contributed by atoms with E-state index < -0.39 is 0 Å². The van der Waals surface area contributed by atoms with Crippen molar-refractivity contribution < 1.29 is 14.0 Å². The highest BCUT2D eigenvalue weighted by Gasteiger charge is 2.29. The number of furan rings is 1. The maximum Gasteiger partial charge on any atom is 0.289 e. The minimum atomic E-state index is -0.235. The van der Waals surface area contributed by atoms with Gasteiger partial charge in [0.05, 0.1) is 12.2 Å². The van der Waals surface area contributed by atoms with E-state index in [1.807, 2.05) is 0 Å². The first-order valence-corrected chi connectivity index (χ1v) is 7.90. The van der Waals surface area contributed by atoms with Gasteiger partial charge in [0.15, 0.2) is 5.76 Å². The van der Waals surface area contributed by atoms with E-state index in [9.17, 15) is 9.59 Å². The van der Waals surface area contributed by atoms with Gasteiger partial charge in [-0.2, -0.15) is 0 Å². The summed E-state index contributed by atoms with van der Waals surface area (Å²) in [6, 6.07) is 10.3. The number of anilines is 1. The summed E-state index contributed by atoms with van der Waals surface area (Å²) in [4.78, 5) is 26.4. The van der Waals surface area contributed by atoms with Crippen LogP contribution in [0.5, 0.6) is 0 Å². The van der Waals surface area contributed by atoms with Crippen molar-refractivity contribution in [3.05, 3.63) is 53.4 Å². The van der Waals surface area contributed by atoms with Gasteiger partial charge in [-0.3, -0.25) is 9.59 Å². The predicted octanol–water partition coefficient (Wildman–Crippen LogP) is 3.42. The lowest BCUT2D eigenvalue weighted by atomic mass is 9.96. The van der Waals surface area contributed by atoms with Crippen molar-refractivity contribution in [1.29, 1.82) is 0 Å². The summed E-state index contributed by atoms with van der Waals surface area (Å²) in [5.41, 5.74) is 0.664. The number of amides is 2. The number of piperidine rings is 1. The lowest BCUT2D eigenvalue weighted by molar-refractivity contribution is -0.121. The van der Waals surface area contributed by atoms with Crippen LogP contribution in [0, 0.1) is 5.92 Å². The van der Waals surface area contributed by atoms with E-state index in [-0.39, 0.29) is 17.7 Å². The first kappa shape index (κ1) is 15.6. The fraction of sp³-hybridized carbons (Fsp3) is 0.294. The van der Waals surface area contributed by atoms with Gasteiger partial charge in [-0.1, -0.05) is 17.7 Å². The molecule has 0 radical (unpaired) electrons. The van der Waals surface area contributed by atoms with Gasteiger partial charge in [0.25, 0.3) is 5.91 Å². The van der Waals surface area contributed by atoms with Crippen LogP contribution in [0.15, 0.2) is 47.1 Å². The van der Waals surface area contributed by atoms with Gasteiger partial charge < -0.3 is 14.6 Å². The fourth-order valence-corrected chi connectivity index (χ4v) is 2.93. The zero-order chi connectivity index (χ0) is 16.2. The van der Waals surface area contributed by atoms with E-state index in [0.29, 0.717) is 29.6 Å². The molecule has 1 fully saturated rings. The molecule has 6 heteroatoms. The maximum atomic E-state index is 12.4. The van der Waals surface area contributed by atoms with Crippen LogP contribution in [0.3, 0.4) is 0 Å². The number of nitrogens with one attached hydrogen (secondary N) is 1. The molecule has 2 amide bonds. The molecule has 1 N–H and O–H groups in total. The molecule has 120 valence electrons. The summed E-state index contributed by atoms with van der Waals surface area (Å²) in [5.74, 6) is -0.193. The zero-order valence-corrected chi connectivity index (χ0v) is 13.3. The van der Waals surface area contributed by atoms with Gasteiger partial charge in [-0.05, 0) is 43.2 Å². The van der Waals surface area contributed by atoms with E-state index in [1.165, 1.54) is 6.26 Å². The Morgan fingerprint density at radius 3 is 2.87 bits per heavy atom. The molecule has 2 heterocycles. The van der Waals surface area contributed by atoms with E-state index in [2.05, 4.69) is 5.32 Å². The molecule has 1 aliphatic rings. The van der Waals surface area contributed by atoms with Gasteiger partial charge in [0, 0.05) is 23.8 Å². The topological polar surface area (TPSA) is 62.6 Å². The highest BCUT2D eigenvalue weighted by atomic mass is 35.5. The summed E-state index contributed by atoms with van der Waals surface area (Å²) in [7, 11) is 0. The van der Waals surface area contributed by atoms with Crippen molar-refractivity contribution in [2.75, 3.05) is 18.4 Å². The molecule has 0 unspecified atom stereocenters. The number of hydrogen-bond donors (Lipinski definition) is 1. The molecule has 1 aliphatic heterocycles. The van der Waals surface area contributed by atoms with Gasteiger partial charge in [-0.15, -0.1) is 0 Å². The van der Waals surface area contributed by atoms with Crippen molar-refractivity contribution in [2.45, 2.75) is 12.8 Å². The minimum absolute atomic E-state index is 0.0933. The third-order valence-electron chi connectivity index (χ3n) is 3.90. The summed E-state index contributed by atoms with van der Waals surface area (Å²) < 4.78 is 5.15. The molecule has 1 saturated heterocycles. The third kappa shape index (κ3) is 3.74. The number of likely N-dealkylation sites (tertiary alicyclic amines) is 1. The number of benzene rings is 1. The Balaban J connectivity index is 1.64. The van der Waals surface area contributed by atoms with Crippen LogP contribution in [0.2, 0.25) is 5.02 Å². The molecule has 2 aromatic rings. The summed E-state index contributed by atoms with van der Waals surface area (Å²) in [5, 5.41) is 3.43. The first-order chi connectivity index (χ1) is 11.1. The molecule has 1 aromatic carbocycles. The lowest BCUT2D eigenvalue weighted by Crippen LogP contribution is -2.43. The first-order valence-electron chi connectivity index (χ1n) is 7.52. The monoisotopic (exact) mass is 332 g/mol. The van der Waals surface area contributed by atoms with Crippen LogP contribution in [0.1, 0.15) is 23.4 Å². The normalized spacial score (nSPS) is 17.8. The van der Waals surface area contributed by atoms with Crippen molar-refractivity contribution >= 4 is 29.1 Å². The smallest absolute Gasteiger partial charge is 0.289 e. The molecular weight excluding hydrogens is 316 g/mol. The Morgan fingerprint density at radius 2 is 2.13 bits per heavy atom. The van der Waals surface area contributed by atoms with Crippen molar-refractivity contribution in [1.82, 2.24) is 4.90 Å². The van der Waals surface area contributed by atoms with Gasteiger partial charge >= 0.3 is 0 Å². The molecule has 0 spiro atoms. The van der Waals surface area contributed by atoms with Crippen LogP contribution >= 0.6 is 11.6 Å². The SMILES string of the molecule is O=C(Nc1cccc(Cl)c1)[C@H]1CCCN(C(=O)c2ccco2)C1. The second-order valence-corrected chi connectivity index (χ2v) is 6.00. The molecule has 3 rings (SSSR count). The second-order valence-electron chi connectivity index (χ2n) is 5.57. The van der Waals surface area contributed by atoms with Crippen molar-refractivity contribution in [3.63, 3.8) is 0 Å². The van der Waals surface area contributed by atoms with E-state index in [0.717, 1.165) is 12.8 Å². The largest absolute Gasteiger partial charge is 0.459 e. The summed E-state index contributed by atoms with van der Waals surface area (Å²) in [6.07, 6.45) is 3.02. The van der Waals surface area contributed by atoms with Gasteiger partial charge in [0.1, 0.15) is 0 Å². The predicted molar refractivity (Wildman–Crippen MR) is 87.4 cm³/mol. The average molecular weight is 333 g/mol. The summed E-state index contributed by atoms with van der Waals surface area (Å²) >= 11 is 5.92. The fourth-order valence-electron chi connectivity index (χ4n) is 2.74. The molecular formula is C17H17ClN2O3. The standard InChI is InChI=1S/C17H17ClN2O3/c18-13-5-1-6-14(10-13)19-16(21)12-4-2-8-20(11-12)17(22)15-7-3-9-23-15/h1,3,5-7,9-10,12H,2,4,8,11H2,(H,19,21)/t12-/m0/s1. The van der Waals surface area contributed by atoms with E-state index >= 15 is 0 Å². The minimum Gasteiger partial charge on any atom is -0.459 e. The Labute approximate surface area is 139 Å². The Morgan fingerprint density at radius 1 is 1.26 bits per heavy atom. The summed E-state index contributed by atoms with van der Waals surface area (Å²) in [6.45, 7) is 1.03. The average Bonchev–Trinajstić information content (AvgIpc) is 3.09. The Bertz CT molecular complexity index is 700. The number of carbonyl (C=O) groups excluding carboxylic acids is 2. The molecule has 0 saturated carbocycles. The number of halogens is 1. The van der Waals surface area contributed by atoms with Gasteiger partial charge in [-0.25, -0.2) is 0 Å². The molecule has 23 heavy (non-hydrogen) atoms. The van der Waals surface area contributed by atoms with Gasteiger partial charge in [0.2, 0.25) is 5.91 Å². The molecule has 1 aromatic heterocycles. The van der Waals surface area contributed by atoms with Crippen LogP contribution in [-0.2, 0) is 4.79 Å². The van der Waals surface area contributed by atoms with Crippen LogP contribution in [-0.4, -0.2) is 29.8 Å². The van der Waals surface area contributed by atoms with Crippen molar-refractivity contribution in [3.8, 4) is 0 Å². The van der Waals surface area contributed by atoms with Crippen LogP contribution in [0.4, 0.5) is 5.69 Å². The quantitative estimate of drug-likeness (QED) is 0.936. The van der Waals surface area contributed by atoms with E-state index in [4.69, 9.17) is 16.0 Å². The third-order valence-corrected chi connectivity index (χ3v) is 4.14. The Kier molecular flexibility index (Phi) is 4.67. The highest BCUT2D eigenvalue weighted by Crippen LogP contribution is 2.22. The van der Waals surface area contributed by atoms with Crippen LogP contribution < -0.4 is 5.32 Å². The molecule has 0 aliphatic carbocycles. The highest BCUT2D eigenvalue weighted by molar-refractivity contribution is 6.30. The molecule has 5 nitrogen and oxygen atoms in total.